The van der Waals surface area contributed by atoms with Gasteiger partial charge in [0.15, 0.2) is 0 Å². The van der Waals surface area contributed by atoms with E-state index in [-0.39, 0.29) is 34.5 Å². The van der Waals surface area contributed by atoms with Crippen molar-refractivity contribution in [1.29, 1.82) is 0 Å². The van der Waals surface area contributed by atoms with Gasteiger partial charge in [-0.3, -0.25) is 0 Å². The lowest BCUT2D eigenvalue weighted by molar-refractivity contribution is -0.137. The lowest BCUT2D eigenvalue weighted by atomic mass is 10.1. The van der Waals surface area contributed by atoms with Gasteiger partial charge in [0.05, 0.1) is 22.8 Å². The first-order valence-corrected chi connectivity index (χ1v) is 7.55. The molecule has 0 radical (unpaired) electrons. The number of nitrogens with zero attached hydrogens (tertiary/aromatic N) is 2. The van der Waals surface area contributed by atoms with Crippen LogP contribution in [0.2, 0.25) is 5.02 Å². The van der Waals surface area contributed by atoms with Crippen molar-refractivity contribution in [2.24, 2.45) is 0 Å². The molecule has 0 spiro atoms. The van der Waals surface area contributed by atoms with Crippen LogP contribution in [-0.4, -0.2) is 14.9 Å². The van der Waals surface area contributed by atoms with E-state index < -0.39 is 17.5 Å². The summed E-state index contributed by atoms with van der Waals surface area (Å²) in [7, 11) is 0. The molecule has 0 aliphatic carbocycles. The largest absolute Gasteiger partial charge is 0.508 e. The molecule has 1 aromatic heterocycles. The molecule has 0 fully saturated rings. The second-order valence-corrected chi connectivity index (χ2v) is 5.79. The van der Waals surface area contributed by atoms with Gasteiger partial charge in [-0.05, 0) is 35.9 Å². The molecule has 0 unspecified atom stereocenters. The van der Waals surface area contributed by atoms with Gasteiger partial charge in [0.25, 0.3) is 0 Å². The number of rotatable bonds is 3. The monoisotopic (exact) mass is 385 g/mol. The van der Waals surface area contributed by atoms with Gasteiger partial charge < -0.3 is 15.3 Å². The molecule has 2 aromatic carbocycles. The third-order valence-corrected chi connectivity index (χ3v) is 4.01. The second-order valence-electron chi connectivity index (χ2n) is 5.41. The molecule has 3 N–H and O–H groups in total. The smallest absolute Gasteiger partial charge is 0.437 e. The number of nitrogen functional groups attached to an aromatic ring is 1. The Morgan fingerprint density at radius 1 is 1.23 bits per heavy atom. The van der Waals surface area contributed by atoms with E-state index in [0.717, 1.165) is 28.9 Å². The molecule has 3 aromatic rings. The van der Waals surface area contributed by atoms with Crippen LogP contribution in [0.3, 0.4) is 0 Å². The van der Waals surface area contributed by atoms with Crippen LogP contribution >= 0.6 is 11.6 Å². The number of phenolic OH excluding ortho intramolecular Hbond substituents is 1. The summed E-state index contributed by atoms with van der Waals surface area (Å²) in [4.78, 5) is 11.9. The minimum absolute atomic E-state index is 0.126. The molecule has 6 nitrogen and oxygen atoms in total. The van der Waals surface area contributed by atoms with Crippen LogP contribution in [0.25, 0.3) is 11.5 Å². The zero-order valence-electron chi connectivity index (χ0n) is 12.9. The van der Waals surface area contributed by atoms with Crippen LogP contribution in [0.1, 0.15) is 11.1 Å². The molecule has 1 heterocycles. The molecule has 0 atom stereocenters. The van der Waals surface area contributed by atoms with Crippen molar-refractivity contribution < 1.29 is 22.7 Å². The van der Waals surface area contributed by atoms with Crippen molar-refractivity contribution in [3.63, 3.8) is 0 Å². The van der Waals surface area contributed by atoms with Crippen molar-refractivity contribution in [1.82, 2.24) is 9.78 Å². The maximum absolute atomic E-state index is 12.6. The molecular formula is C16H11ClF3N3O3. The van der Waals surface area contributed by atoms with E-state index in [9.17, 15) is 23.1 Å². The number of hydrogen-bond acceptors (Lipinski definition) is 5. The number of aromatic hydroxyl groups is 1. The van der Waals surface area contributed by atoms with Crippen LogP contribution in [-0.2, 0) is 12.7 Å². The quantitative estimate of drug-likeness (QED) is 0.673. The van der Waals surface area contributed by atoms with Gasteiger partial charge in [-0.1, -0.05) is 11.6 Å². The number of phenols is 1. The van der Waals surface area contributed by atoms with Gasteiger partial charge in [-0.15, -0.1) is 5.10 Å². The second kappa shape index (κ2) is 6.41. The highest BCUT2D eigenvalue weighted by atomic mass is 35.5. The normalized spacial score (nSPS) is 11.7. The van der Waals surface area contributed by atoms with Gasteiger partial charge in [0.2, 0.25) is 5.89 Å². The van der Waals surface area contributed by atoms with Gasteiger partial charge in [0.1, 0.15) is 5.75 Å². The van der Waals surface area contributed by atoms with Crippen molar-refractivity contribution in [3.8, 4) is 17.2 Å². The summed E-state index contributed by atoms with van der Waals surface area (Å²) < 4.78 is 43.7. The highest BCUT2D eigenvalue weighted by molar-refractivity contribution is 6.33. The molecule has 26 heavy (non-hydrogen) atoms. The Balaban J connectivity index is 1.92. The zero-order valence-corrected chi connectivity index (χ0v) is 13.7. The Kier molecular flexibility index (Phi) is 4.41. The average Bonchev–Trinajstić information content (AvgIpc) is 2.92. The minimum atomic E-state index is -4.47. The molecule has 0 bridgehead atoms. The van der Waals surface area contributed by atoms with E-state index in [2.05, 4.69) is 5.10 Å². The van der Waals surface area contributed by atoms with Gasteiger partial charge in [0, 0.05) is 11.6 Å². The number of nitrogens with two attached hydrogens (primary N) is 1. The molecule has 0 amide bonds. The maximum atomic E-state index is 12.6. The third-order valence-electron chi connectivity index (χ3n) is 3.55. The summed E-state index contributed by atoms with van der Waals surface area (Å²) in [6.07, 6.45) is -4.47. The van der Waals surface area contributed by atoms with E-state index >= 15 is 0 Å². The fraction of sp³-hybridized carbons (Fsp3) is 0.125. The molecule has 0 aliphatic rings. The van der Waals surface area contributed by atoms with Crippen LogP contribution in [0.5, 0.6) is 5.75 Å². The number of aromatic nitrogens is 2. The van der Waals surface area contributed by atoms with Gasteiger partial charge in [-0.2, -0.15) is 17.9 Å². The standard InChI is InChI=1S/C16H11ClF3N3O3/c17-13-9(5-11(24)6-12(13)21)7-23-15(25)26-14(22-23)8-1-3-10(4-2-8)16(18,19)20/h1-6,24H,7,21H2. The van der Waals surface area contributed by atoms with Gasteiger partial charge in [-0.25, -0.2) is 4.79 Å². The maximum Gasteiger partial charge on any atom is 0.437 e. The van der Waals surface area contributed by atoms with Crippen LogP contribution in [0.4, 0.5) is 18.9 Å². The minimum Gasteiger partial charge on any atom is -0.508 e. The van der Waals surface area contributed by atoms with E-state index in [1.54, 1.807) is 0 Å². The number of halogens is 4. The van der Waals surface area contributed by atoms with E-state index in [4.69, 9.17) is 21.8 Å². The summed E-state index contributed by atoms with van der Waals surface area (Å²) in [5.74, 6) is -1.12. The van der Waals surface area contributed by atoms with Crippen molar-refractivity contribution in [2.45, 2.75) is 12.7 Å². The van der Waals surface area contributed by atoms with Crippen LogP contribution in [0.15, 0.2) is 45.6 Å². The molecular weight excluding hydrogens is 375 g/mol. The van der Waals surface area contributed by atoms with Crippen LogP contribution in [0, 0.1) is 0 Å². The lowest BCUT2D eigenvalue weighted by Crippen LogP contribution is -2.17. The Bertz CT molecular complexity index is 1010. The number of alkyl halides is 3. The summed E-state index contributed by atoms with van der Waals surface area (Å²) in [5, 5.41) is 13.7. The predicted molar refractivity (Wildman–Crippen MR) is 87.8 cm³/mol. The van der Waals surface area contributed by atoms with Crippen molar-refractivity contribution in [2.75, 3.05) is 5.73 Å². The zero-order chi connectivity index (χ0) is 19.1. The fourth-order valence-corrected chi connectivity index (χ4v) is 2.46. The average molecular weight is 386 g/mol. The molecule has 0 saturated carbocycles. The lowest BCUT2D eigenvalue weighted by Gasteiger charge is -2.07. The van der Waals surface area contributed by atoms with E-state index in [1.807, 2.05) is 0 Å². The first kappa shape index (κ1) is 17.9. The van der Waals surface area contributed by atoms with Crippen molar-refractivity contribution in [3.05, 3.63) is 63.1 Å². The Morgan fingerprint density at radius 3 is 2.50 bits per heavy atom. The van der Waals surface area contributed by atoms with Crippen molar-refractivity contribution >= 4 is 17.3 Å². The summed E-state index contributed by atoms with van der Waals surface area (Å²) >= 11 is 6.03. The first-order chi connectivity index (χ1) is 12.1. The highest BCUT2D eigenvalue weighted by Crippen LogP contribution is 2.31. The number of benzene rings is 2. The molecule has 0 saturated heterocycles. The topological polar surface area (TPSA) is 94.3 Å². The summed E-state index contributed by atoms with van der Waals surface area (Å²) in [5.41, 5.74) is 5.48. The Morgan fingerprint density at radius 2 is 1.88 bits per heavy atom. The number of anilines is 1. The third kappa shape index (κ3) is 3.52. The fourth-order valence-electron chi connectivity index (χ4n) is 2.29. The molecule has 10 heteroatoms. The summed E-state index contributed by atoms with van der Waals surface area (Å²) in [6.45, 7) is -0.138. The Labute approximate surface area is 149 Å². The number of hydrogen-bond donors (Lipinski definition) is 2. The SMILES string of the molecule is Nc1cc(O)cc(Cn2nc(-c3ccc(C(F)(F)F)cc3)oc2=O)c1Cl. The van der Waals surface area contributed by atoms with Crippen LogP contribution < -0.4 is 11.5 Å². The first-order valence-electron chi connectivity index (χ1n) is 7.17. The van der Waals surface area contributed by atoms with E-state index in [1.165, 1.54) is 12.1 Å². The van der Waals surface area contributed by atoms with E-state index in [0.29, 0.717) is 5.56 Å². The molecule has 3 rings (SSSR count). The summed E-state index contributed by atoms with van der Waals surface area (Å²) in [6, 6.07) is 6.60. The molecule has 0 aliphatic heterocycles. The Hall–Kier alpha value is -2.94. The molecule has 136 valence electrons. The van der Waals surface area contributed by atoms with Gasteiger partial charge >= 0.3 is 11.9 Å². The highest BCUT2D eigenvalue weighted by Gasteiger charge is 2.30. The predicted octanol–water partition coefficient (Wildman–Crippen LogP) is 3.51.